The average molecular weight is 238 g/mol. The topological polar surface area (TPSA) is 55.8 Å². The van der Waals surface area contributed by atoms with Gasteiger partial charge in [0.2, 0.25) is 0 Å². The van der Waals surface area contributed by atoms with Crippen molar-refractivity contribution in [2.45, 2.75) is 25.9 Å². The van der Waals surface area contributed by atoms with E-state index in [4.69, 9.17) is 9.47 Å². The van der Waals surface area contributed by atoms with E-state index < -0.39 is 11.6 Å². The summed E-state index contributed by atoms with van der Waals surface area (Å²) in [5, 5.41) is 9.99. The number of carbonyl (C=O) groups is 1. The molecule has 0 heterocycles. The summed E-state index contributed by atoms with van der Waals surface area (Å²) >= 11 is 0. The lowest BCUT2D eigenvalue weighted by Gasteiger charge is -2.21. The lowest BCUT2D eigenvalue weighted by molar-refractivity contribution is -0.162. The summed E-state index contributed by atoms with van der Waals surface area (Å²) < 4.78 is 9.84. The van der Waals surface area contributed by atoms with E-state index in [0.29, 0.717) is 0 Å². The summed E-state index contributed by atoms with van der Waals surface area (Å²) in [4.78, 5) is 11.5. The van der Waals surface area contributed by atoms with Crippen molar-refractivity contribution in [1.82, 2.24) is 0 Å². The molecule has 0 aliphatic carbocycles. The highest BCUT2D eigenvalue weighted by atomic mass is 16.5. The molecule has 17 heavy (non-hydrogen) atoms. The van der Waals surface area contributed by atoms with E-state index in [1.54, 1.807) is 26.2 Å². The van der Waals surface area contributed by atoms with Gasteiger partial charge in [0.15, 0.2) is 5.60 Å². The quantitative estimate of drug-likeness (QED) is 0.791. The van der Waals surface area contributed by atoms with Crippen LogP contribution in [0.15, 0.2) is 24.3 Å². The van der Waals surface area contributed by atoms with Gasteiger partial charge in [0.1, 0.15) is 5.75 Å². The Kier molecular flexibility index (Phi) is 4.52. The Hall–Kier alpha value is -1.55. The van der Waals surface area contributed by atoms with Crippen molar-refractivity contribution in [2.24, 2.45) is 0 Å². The number of esters is 1. The van der Waals surface area contributed by atoms with Gasteiger partial charge in [-0.2, -0.15) is 0 Å². The maximum atomic E-state index is 11.5. The fraction of sp³-hybridized carbons (Fsp3) is 0.462. The van der Waals surface area contributed by atoms with Crippen molar-refractivity contribution >= 4 is 5.97 Å². The molecular formula is C13H18O4. The molecule has 0 saturated heterocycles. The van der Waals surface area contributed by atoms with Crippen LogP contribution >= 0.6 is 0 Å². The predicted octanol–water partition coefficient (Wildman–Crippen LogP) is 1.55. The number of benzene rings is 1. The molecule has 4 heteroatoms. The van der Waals surface area contributed by atoms with Crippen LogP contribution in [0.1, 0.15) is 19.4 Å². The fourth-order valence-electron chi connectivity index (χ4n) is 1.50. The standard InChI is InChI=1S/C13H18O4/c1-4-17-12(14)13(2,15)9-10-5-7-11(16-3)8-6-10/h5-8,15H,4,9H2,1-3H3. The molecule has 0 fully saturated rings. The van der Waals surface area contributed by atoms with Crippen molar-refractivity contribution in [2.75, 3.05) is 13.7 Å². The molecular weight excluding hydrogens is 220 g/mol. The van der Waals surface area contributed by atoms with E-state index in [0.717, 1.165) is 11.3 Å². The smallest absolute Gasteiger partial charge is 0.338 e. The molecule has 94 valence electrons. The lowest BCUT2D eigenvalue weighted by Crippen LogP contribution is -2.39. The number of hydrogen-bond donors (Lipinski definition) is 1. The zero-order chi connectivity index (χ0) is 12.9. The van der Waals surface area contributed by atoms with Gasteiger partial charge in [-0.3, -0.25) is 0 Å². The van der Waals surface area contributed by atoms with Crippen LogP contribution in [0.25, 0.3) is 0 Å². The van der Waals surface area contributed by atoms with Gasteiger partial charge < -0.3 is 14.6 Å². The van der Waals surface area contributed by atoms with Gasteiger partial charge in [0.05, 0.1) is 13.7 Å². The van der Waals surface area contributed by atoms with Crippen molar-refractivity contribution in [3.05, 3.63) is 29.8 Å². The monoisotopic (exact) mass is 238 g/mol. The van der Waals surface area contributed by atoms with Crippen molar-refractivity contribution in [3.8, 4) is 5.75 Å². The highest BCUT2D eigenvalue weighted by Crippen LogP contribution is 2.18. The molecule has 0 aliphatic rings. The number of carbonyl (C=O) groups excluding carboxylic acids is 1. The summed E-state index contributed by atoms with van der Waals surface area (Å²) in [5.74, 6) is 0.139. The number of rotatable bonds is 5. The third-order valence-electron chi connectivity index (χ3n) is 2.42. The first kappa shape index (κ1) is 13.5. The minimum absolute atomic E-state index is 0.218. The normalized spacial score (nSPS) is 13.9. The zero-order valence-electron chi connectivity index (χ0n) is 10.4. The second-order valence-corrected chi connectivity index (χ2v) is 4.02. The summed E-state index contributed by atoms with van der Waals surface area (Å²) in [6.07, 6.45) is 0.218. The van der Waals surface area contributed by atoms with E-state index in [-0.39, 0.29) is 13.0 Å². The minimum Gasteiger partial charge on any atom is -0.497 e. The molecule has 1 aromatic carbocycles. The predicted molar refractivity (Wildman–Crippen MR) is 64.0 cm³/mol. The van der Waals surface area contributed by atoms with E-state index in [9.17, 15) is 9.90 Å². The van der Waals surface area contributed by atoms with Crippen molar-refractivity contribution in [3.63, 3.8) is 0 Å². The summed E-state index contributed by atoms with van der Waals surface area (Å²) in [5.41, 5.74) is -0.645. The van der Waals surface area contributed by atoms with Crippen molar-refractivity contribution < 1.29 is 19.4 Å². The maximum absolute atomic E-state index is 11.5. The van der Waals surface area contributed by atoms with Crippen LogP contribution in [0.2, 0.25) is 0 Å². The SMILES string of the molecule is CCOC(=O)C(C)(O)Cc1ccc(OC)cc1. The Labute approximate surface area is 101 Å². The molecule has 0 spiro atoms. The van der Waals surface area contributed by atoms with E-state index in [2.05, 4.69) is 0 Å². The first-order valence-electron chi connectivity index (χ1n) is 5.52. The summed E-state index contributed by atoms with van der Waals surface area (Å²) in [6.45, 7) is 3.42. The molecule has 1 atom stereocenters. The van der Waals surface area contributed by atoms with Gasteiger partial charge >= 0.3 is 5.97 Å². The van der Waals surface area contributed by atoms with E-state index in [1.165, 1.54) is 6.92 Å². The Morgan fingerprint density at radius 1 is 1.35 bits per heavy atom. The fourth-order valence-corrected chi connectivity index (χ4v) is 1.50. The van der Waals surface area contributed by atoms with E-state index in [1.807, 2.05) is 12.1 Å². The number of hydrogen-bond acceptors (Lipinski definition) is 4. The van der Waals surface area contributed by atoms with Gasteiger partial charge in [-0.05, 0) is 31.5 Å². The Balaban J connectivity index is 2.71. The van der Waals surface area contributed by atoms with Gasteiger partial charge in [-0.1, -0.05) is 12.1 Å². The number of aliphatic hydroxyl groups is 1. The molecule has 0 saturated carbocycles. The molecule has 0 aromatic heterocycles. The Morgan fingerprint density at radius 2 is 1.94 bits per heavy atom. The molecule has 1 unspecified atom stereocenters. The first-order chi connectivity index (χ1) is 7.99. The molecule has 4 nitrogen and oxygen atoms in total. The lowest BCUT2D eigenvalue weighted by atomic mass is 9.97. The summed E-state index contributed by atoms with van der Waals surface area (Å²) in [7, 11) is 1.59. The second kappa shape index (κ2) is 5.68. The first-order valence-corrected chi connectivity index (χ1v) is 5.52. The van der Waals surface area contributed by atoms with Crippen LogP contribution in [-0.4, -0.2) is 30.4 Å². The van der Waals surface area contributed by atoms with Gasteiger partial charge in [0, 0.05) is 6.42 Å². The molecule has 0 aliphatic heterocycles. The molecule has 1 aromatic rings. The average Bonchev–Trinajstić information content (AvgIpc) is 2.30. The third-order valence-corrected chi connectivity index (χ3v) is 2.42. The second-order valence-electron chi connectivity index (χ2n) is 4.02. The minimum atomic E-state index is -1.50. The molecule has 1 N–H and O–H groups in total. The Morgan fingerprint density at radius 3 is 2.41 bits per heavy atom. The van der Waals surface area contributed by atoms with E-state index >= 15 is 0 Å². The molecule has 0 amide bonds. The van der Waals surface area contributed by atoms with Crippen molar-refractivity contribution in [1.29, 1.82) is 0 Å². The summed E-state index contributed by atoms with van der Waals surface area (Å²) in [6, 6.07) is 7.20. The molecule has 0 radical (unpaired) electrons. The van der Waals surface area contributed by atoms with Crippen LogP contribution in [0.4, 0.5) is 0 Å². The number of ether oxygens (including phenoxy) is 2. The van der Waals surface area contributed by atoms with Crippen LogP contribution in [0.3, 0.4) is 0 Å². The number of methoxy groups -OCH3 is 1. The van der Waals surface area contributed by atoms with Crippen LogP contribution in [0, 0.1) is 0 Å². The van der Waals surface area contributed by atoms with Gasteiger partial charge in [0.25, 0.3) is 0 Å². The van der Waals surface area contributed by atoms with Crippen LogP contribution in [0.5, 0.6) is 5.75 Å². The maximum Gasteiger partial charge on any atom is 0.338 e. The largest absolute Gasteiger partial charge is 0.497 e. The van der Waals surface area contributed by atoms with Gasteiger partial charge in [-0.25, -0.2) is 4.79 Å². The molecule has 0 bridgehead atoms. The zero-order valence-corrected chi connectivity index (χ0v) is 10.4. The highest BCUT2D eigenvalue weighted by Gasteiger charge is 2.31. The molecule has 1 rings (SSSR count). The van der Waals surface area contributed by atoms with Gasteiger partial charge in [-0.15, -0.1) is 0 Å². The Bertz CT molecular complexity index is 368. The van der Waals surface area contributed by atoms with Crippen LogP contribution < -0.4 is 4.74 Å². The third kappa shape index (κ3) is 3.75. The van der Waals surface area contributed by atoms with Crippen LogP contribution in [-0.2, 0) is 16.0 Å². The highest BCUT2D eigenvalue weighted by molar-refractivity contribution is 5.79.